The van der Waals surface area contributed by atoms with Crippen LogP contribution in [0.4, 0.5) is 11.5 Å². The molecule has 3 heterocycles. The summed E-state index contributed by atoms with van der Waals surface area (Å²) in [6, 6.07) is 10.5. The number of sulfone groups is 1. The summed E-state index contributed by atoms with van der Waals surface area (Å²) >= 11 is 1.75. The number of amides is 1. The van der Waals surface area contributed by atoms with Crippen LogP contribution < -0.4 is 5.01 Å². The Morgan fingerprint density at radius 3 is 2.52 bits per heavy atom. The highest BCUT2D eigenvalue weighted by atomic mass is 32.2. The molecule has 2 aliphatic heterocycles. The third kappa shape index (κ3) is 3.21. The Morgan fingerprint density at radius 2 is 1.81 bits per heavy atom. The van der Waals surface area contributed by atoms with Gasteiger partial charge in [0.25, 0.3) is 5.91 Å². The van der Waals surface area contributed by atoms with E-state index in [2.05, 4.69) is 10.1 Å². The minimum absolute atomic E-state index is 0.00434. The van der Waals surface area contributed by atoms with Crippen LogP contribution in [0.5, 0.6) is 0 Å². The summed E-state index contributed by atoms with van der Waals surface area (Å²) in [5.74, 6) is 1.23. The van der Waals surface area contributed by atoms with Crippen LogP contribution >= 0.6 is 11.8 Å². The van der Waals surface area contributed by atoms with Gasteiger partial charge in [-0.3, -0.25) is 4.79 Å². The fourth-order valence-corrected chi connectivity index (χ4v) is 5.27. The molecule has 140 valence electrons. The van der Waals surface area contributed by atoms with Crippen LogP contribution in [0, 0.1) is 6.92 Å². The number of aromatic nitrogens is 1. The minimum Gasteiger partial charge on any atom is -0.335 e. The van der Waals surface area contributed by atoms with Gasteiger partial charge < -0.3 is 4.90 Å². The first kappa shape index (κ1) is 18.0. The van der Waals surface area contributed by atoms with E-state index in [1.165, 1.54) is 17.3 Å². The van der Waals surface area contributed by atoms with Crippen molar-refractivity contribution in [3.8, 4) is 0 Å². The van der Waals surface area contributed by atoms with Crippen molar-refractivity contribution in [1.29, 1.82) is 0 Å². The first-order valence-corrected chi connectivity index (χ1v) is 11.1. The molecule has 27 heavy (non-hydrogen) atoms. The maximum atomic E-state index is 13.1. The second-order valence-electron chi connectivity index (χ2n) is 6.29. The maximum absolute atomic E-state index is 13.1. The molecule has 0 N–H and O–H groups in total. The molecule has 0 bridgehead atoms. The Morgan fingerprint density at radius 1 is 1.11 bits per heavy atom. The van der Waals surface area contributed by atoms with Crippen LogP contribution in [0.3, 0.4) is 0 Å². The van der Waals surface area contributed by atoms with Crippen LogP contribution in [0.25, 0.3) is 0 Å². The van der Waals surface area contributed by atoms with Gasteiger partial charge in [0.2, 0.25) is 14.9 Å². The van der Waals surface area contributed by atoms with Crippen LogP contribution in [0.2, 0.25) is 0 Å². The number of rotatable bonds is 2. The van der Waals surface area contributed by atoms with Crippen LogP contribution in [-0.2, 0) is 14.6 Å². The Kier molecular flexibility index (Phi) is 4.65. The summed E-state index contributed by atoms with van der Waals surface area (Å²) in [4.78, 5) is 18.7. The molecular formula is C18H18N4O3S2. The van der Waals surface area contributed by atoms with Crippen molar-refractivity contribution in [1.82, 2.24) is 9.88 Å². The third-order valence-electron chi connectivity index (χ3n) is 4.45. The van der Waals surface area contributed by atoms with Crippen LogP contribution in [0.15, 0.2) is 52.6 Å². The number of carbonyl (C=O) groups excluding carboxylic acids is 1. The summed E-state index contributed by atoms with van der Waals surface area (Å²) in [5.41, 5.74) is 1.71. The molecule has 2 aliphatic rings. The maximum Gasteiger partial charge on any atom is 0.286 e. The van der Waals surface area contributed by atoms with E-state index in [-0.39, 0.29) is 10.7 Å². The number of hydrogen-bond acceptors (Lipinski definition) is 7. The van der Waals surface area contributed by atoms with Gasteiger partial charge in [0.05, 0.1) is 5.69 Å². The Hall–Kier alpha value is -2.39. The number of thioether (sulfide) groups is 1. The van der Waals surface area contributed by atoms with Crippen molar-refractivity contribution in [2.45, 2.75) is 11.8 Å². The highest BCUT2D eigenvalue weighted by Gasteiger charge is 2.40. The van der Waals surface area contributed by atoms with E-state index in [0.717, 1.165) is 17.1 Å². The number of nitrogens with zero attached hydrogens (tertiary/aromatic N) is 4. The largest absolute Gasteiger partial charge is 0.335 e. The van der Waals surface area contributed by atoms with Gasteiger partial charge in [0.1, 0.15) is 4.90 Å². The average Bonchev–Trinajstić information content (AvgIpc) is 2.69. The Balaban J connectivity index is 1.84. The Labute approximate surface area is 162 Å². The first-order chi connectivity index (χ1) is 13.0. The summed E-state index contributed by atoms with van der Waals surface area (Å²) in [5, 5.41) is 5.24. The van der Waals surface area contributed by atoms with Gasteiger partial charge in [-0.2, -0.15) is 11.8 Å². The molecule has 1 aromatic heterocycles. The van der Waals surface area contributed by atoms with E-state index < -0.39 is 20.8 Å². The molecule has 0 aliphatic carbocycles. The van der Waals surface area contributed by atoms with Crippen molar-refractivity contribution in [3.63, 3.8) is 0 Å². The summed E-state index contributed by atoms with van der Waals surface area (Å²) < 4.78 is 26.1. The van der Waals surface area contributed by atoms with E-state index in [0.29, 0.717) is 18.8 Å². The normalized spacial score (nSPS) is 18.6. The molecule has 0 radical (unpaired) electrons. The third-order valence-corrected chi connectivity index (χ3v) is 7.05. The zero-order chi connectivity index (χ0) is 19.0. The Bertz CT molecular complexity index is 1010. The van der Waals surface area contributed by atoms with Crippen molar-refractivity contribution in [2.75, 3.05) is 29.6 Å². The predicted molar refractivity (Wildman–Crippen MR) is 106 cm³/mol. The van der Waals surface area contributed by atoms with Gasteiger partial charge in [-0.15, -0.1) is 5.10 Å². The number of hydrazone groups is 1. The first-order valence-electron chi connectivity index (χ1n) is 8.51. The zero-order valence-corrected chi connectivity index (χ0v) is 16.3. The monoisotopic (exact) mass is 402 g/mol. The summed E-state index contributed by atoms with van der Waals surface area (Å²) in [6.07, 6.45) is 1.51. The van der Waals surface area contributed by atoms with Crippen molar-refractivity contribution in [3.05, 3.63) is 48.2 Å². The molecule has 1 fully saturated rings. The molecule has 0 atom stereocenters. The van der Waals surface area contributed by atoms with Gasteiger partial charge in [0, 0.05) is 30.8 Å². The van der Waals surface area contributed by atoms with Crippen molar-refractivity contribution >= 4 is 44.1 Å². The molecule has 1 aromatic carbocycles. The van der Waals surface area contributed by atoms with E-state index >= 15 is 0 Å². The molecule has 2 aromatic rings. The van der Waals surface area contributed by atoms with Gasteiger partial charge in [-0.05, 0) is 31.2 Å². The number of benzene rings is 1. The SMILES string of the molecule is Cc1ccc(N2N=C(C(=O)N3CCSCC3)S(=O)(=O)c3cccnc32)cc1. The zero-order valence-electron chi connectivity index (χ0n) is 14.7. The molecule has 7 nitrogen and oxygen atoms in total. The topological polar surface area (TPSA) is 82.9 Å². The van der Waals surface area contributed by atoms with Crippen LogP contribution in [0.1, 0.15) is 5.56 Å². The molecule has 1 saturated heterocycles. The lowest BCUT2D eigenvalue weighted by Crippen LogP contribution is -2.46. The number of fused-ring (bicyclic) bond motifs is 1. The average molecular weight is 403 g/mol. The molecular weight excluding hydrogens is 384 g/mol. The molecule has 9 heteroatoms. The van der Waals surface area contributed by atoms with Crippen molar-refractivity contribution < 1.29 is 13.2 Å². The van der Waals surface area contributed by atoms with Crippen LogP contribution in [-0.4, -0.2) is 53.8 Å². The van der Waals surface area contributed by atoms with E-state index in [4.69, 9.17) is 0 Å². The number of pyridine rings is 1. The molecule has 0 spiro atoms. The lowest BCUT2D eigenvalue weighted by Gasteiger charge is -2.30. The fourth-order valence-electron chi connectivity index (χ4n) is 2.97. The van der Waals surface area contributed by atoms with E-state index in [1.807, 2.05) is 31.2 Å². The minimum atomic E-state index is -4.03. The fraction of sp³-hybridized carbons (Fsp3) is 0.278. The number of aryl methyl sites for hydroxylation is 1. The highest BCUT2D eigenvalue weighted by molar-refractivity contribution is 8.08. The predicted octanol–water partition coefficient (Wildman–Crippen LogP) is 2.20. The smallest absolute Gasteiger partial charge is 0.286 e. The number of hydrogen-bond donors (Lipinski definition) is 0. The van der Waals surface area contributed by atoms with Gasteiger partial charge in [0.15, 0.2) is 5.82 Å². The molecule has 0 unspecified atom stereocenters. The van der Waals surface area contributed by atoms with Gasteiger partial charge >= 0.3 is 0 Å². The van der Waals surface area contributed by atoms with Gasteiger partial charge in [-0.25, -0.2) is 18.4 Å². The summed E-state index contributed by atoms with van der Waals surface area (Å²) in [7, 11) is -4.03. The van der Waals surface area contributed by atoms with Crippen molar-refractivity contribution in [2.24, 2.45) is 5.10 Å². The highest BCUT2D eigenvalue weighted by Crippen LogP contribution is 2.35. The lowest BCUT2D eigenvalue weighted by atomic mass is 10.2. The number of anilines is 2. The quantitative estimate of drug-likeness (QED) is 0.766. The molecule has 4 rings (SSSR count). The standard InChI is InChI=1S/C18H18N4O3S2/c1-13-4-6-14(7-5-13)22-16-15(3-2-8-19-16)27(24,25)17(20-22)18(23)21-9-11-26-12-10-21/h2-8H,9-12H2,1H3. The number of carbonyl (C=O) groups is 1. The van der Waals surface area contributed by atoms with Gasteiger partial charge in [-0.1, -0.05) is 17.7 Å². The molecule has 0 saturated carbocycles. The summed E-state index contributed by atoms with van der Waals surface area (Å²) in [6.45, 7) is 2.99. The molecule has 1 amide bonds. The van der Waals surface area contributed by atoms with E-state index in [9.17, 15) is 13.2 Å². The lowest BCUT2D eigenvalue weighted by molar-refractivity contribution is -0.123. The van der Waals surface area contributed by atoms with E-state index in [1.54, 1.807) is 22.7 Å². The second kappa shape index (κ2) is 6.97. The second-order valence-corrected chi connectivity index (χ2v) is 9.34.